The number of benzene rings is 2. The van der Waals surface area contributed by atoms with E-state index in [4.69, 9.17) is 9.47 Å². The second-order valence-electron chi connectivity index (χ2n) is 6.58. The van der Waals surface area contributed by atoms with Gasteiger partial charge in [0.25, 0.3) is 0 Å². The number of rotatable bonds is 8. The molecule has 0 bridgehead atoms. The lowest BCUT2D eigenvalue weighted by molar-refractivity contribution is -0.134. The van der Waals surface area contributed by atoms with Crippen molar-refractivity contribution in [2.75, 3.05) is 26.1 Å². The lowest BCUT2D eigenvalue weighted by atomic mass is 10.0. The summed E-state index contributed by atoms with van der Waals surface area (Å²) in [7, 11) is 3.21. The molecule has 2 N–H and O–H groups in total. The van der Waals surface area contributed by atoms with Gasteiger partial charge in [0, 0.05) is 12.2 Å². The van der Waals surface area contributed by atoms with Crippen molar-refractivity contribution in [2.45, 2.75) is 19.3 Å². The summed E-state index contributed by atoms with van der Waals surface area (Å²) in [6.07, 6.45) is 1.77. The minimum Gasteiger partial charge on any atom is -0.497 e. The van der Waals surface area contributed by atoms with Crippen LogP contribution >= 0.6 is 0 Å². The van der Waals surface area contributed by atoms with Gasteiger partial charge in [0.1, 0.15) is 16.9 Å². The molecule has 1 aliphatic carbocycles. The maximum atomic E-state index is 12.6. The molecule has 0 radical (unpaired) electrons. The van der Waals surface area contributed by atoms with Gasteiger partial charge in [-0.05, 0) is 55.2 Å². The number of carbonyl (C=O) groups excluding carboxylic acids is 2. The number of para-hydroxylation sites is 1. The van der Waals surface area contributed by atoms with Gasteiger partial charge in [-0.25, -0.2) is 0 Å². The number of ether oxygens (including phenoxy) is 2. The topological polar surface area (TPSA) is 76.7 Å². The first-order valence-electron chi connectivity index (χ1n) is 8.95. The van der Waals surface area contributed by atoms with Crippen molar-refractivity contribution in [3.63, 3.8) is 0 Å². The molecule has 0 spiro atoms. The van der Waals surface area contributed by atoms with Gasteiger partial charge < -0.3 is 20.1 Å². The fourth-order valence-corrected chi connectivity index (χ4v) is 3.00. The highest BCUT2D eigenvalue weighted by atomic mass is 16.5. The minimum absolute atomic E-state index is 0.219. The number of hydrogen-bond donors (Lipinski definition) is 2. The van der Waals surface area contributed by atoms with Crippen LogP contribution < -0.4 is 20.1 Å². The van der Waals surface area contributed by atoms with E-state index in [0.717, 1.165) is 11.3 Å². The van der Waals surface area contributed by atoms with Crippen molar-refractivity contribution in [3.8, 4) is 11.5 Å². The average Bonchev–Trinajstić information content (AvgIpc) is 3.51. The van der Waals surface area contributed by atoms with Crippen LogP contribution in [-0.2, 0) is 16.0 Å². The number of nitrogens with one attached hydrogen (secondary N) is 2. The van der Waals surface area contributed by atoms with Gasteiger partial charge in [0.15, 0.2) is 0 Å². The van der Waals surface area contributed by atoms with E-state index in [1.54, 1.807) is 38.5 Å². The summed E-state index contributed by atoms with van der Waals surface area (Å²) < 4.78 is 10.4. The number of amides is 2. The van der Waals surface area contributed by atoms with Crippen LogP contribution in [0.5, 0.6) is 11.5 Å². The highest BCUT2D eigenvalue weighted by molar-refractivity contribution is 6.13. The number of carbonyl (C=O) groups is 2. The summed E-state index contributed by atoms with van der Waals surface area (Å²) in [5, 5.41) is 5.72. The first kappa shape index (κ1) is 18.8. The Labute approximate surface area is 158 Å². The van der Waals surface area contributed by atoms with E-state index in [9.17, 15) is 9.59 Å². The smallest absolute Gasteiger partial charge is 0.240 e. The molecule has 142 valence electrons. The maximum absolute atomic E-state index is 12.6. The van der Waals surface area contributed by atoms with Crippen LogP contribution in [0.4, 0.5) is 5.69 Å². The van der Waals surface area contributed by atoms with E-state index >= 15 is 0 Å². The second kappa shape index (κ2) is 8.12. The molecule has 0 heterocycles. The summed E-state index contributed by atoms with van der Waals surface area (Å²) in [6, 6.07) is 14.7. The van der Waals surface area contributed by atoms with Crippen LogP contribution in [0, 0.1) is 5.41 Å². The van der Waals surface area contributed by atoms with Gasteiger partial charge in [-0.1, -0.05) is 18.2 Å². The van der Waals surface area contributed by atoms with Gasteiger partial charge in [-0.15, -0.1) is 0 Å². The Kier molecular flexibility index (Phi) is 5.64. The van der Waals surface area contributed by atoms with Crippen LogP contribution in [0.2, 0.25) is 0 Å². The molecule has 6 heteroatoms. The molecule has 1 saturated carbocycles. The molecule has 0 aliphatic heterocycles. The summed E-state index contributed by atoms with van der Waals surface area (Å²) in [5.74, 6) is 1.03. The average molecular weight is 368 g/mol. The predicted molar refractivity (Wildman–Crippen MR) is 103 cm³/mol. The third kappa shape index (κ3) is 4.22. The van der Waals surface area contributed by atoms with Crippen LogP contribution in [0.25, 0.3) is 0 Å². The van der Waals surface area contributed by atoms with E-state index in [0.29, 0.717) is 37.2 Å². The Balaban J connectivity index is 1.54. The van der Waals surface area contributed by atoms with Gasteiger partial charge in [-0.3, -0.25) is 9.59 Å². The van der Waals surface area contributed by atoms with Crippen molar-refractivity contribution in [2.24, 2.45) is 5.41 Å². The van der Waals surface area contributed by atoms with E-state index in [1.165, 1.54) is 0 Å². The molecular formula is C21H24N2O4. The zero-order chi connectivity index (χ0) is 19.3. The molecule has 1 aliphatic rings. The third-order valence-electron chi connectivity index (χ3n) is 4.84. The lowest BCUT2D eigenvalue weighted by Gasteiger charge is -2.16. The first-order valence-corrected chi connectivity index (χ1v) is 8.95. The SMILES string of the molecule is COc1ccc(NC(=O)C2(C(=O)NCCc3ccccc3OC)CC2)cc1. The molecule has 1 fully saturated rings. The highest BCUT2D eigenvalue weighted by Crippen LogP contribution is 2.46. The molecule has 3 rings (SSSR count). The van der Waals surface area contributed by atoms with Gasteiger partial charge in [-0.2, -0.15) is 0 Å². The Bertz CT molecular complexity index is 813. The Morgan fingerprint density at radius 3 is 2.30 bits per heavy atom. The molecule has 0 unspecified atom stereocenters. The summed E-state index contributed by atoms with van der Waals surface area (Å²) >= 11 is 0. The fourth-order valence-electron chi connectivity index (χ4n) is 3.00. The Morgan fingerprint density at radius 1 is 0.963 bits per heavy atom. The van der Waals surface area contributed by atoms with Crippen molar-refractivity contribution in [1.29, 1.82) is 0 Å². The van der Waals surface area contributed by atoms with Crippen LogP contribution in [0.15, 0.2) is 48.5 Å². The van der Waals surface area contributed by atoms with Crippen LogP contribution in [0.3, 0.4) is 0 Å². The van der Waals surface area contributed by atoms with Gasteiger partial charge >= 0.3 is 0 Å². The predicted octanol–water partition coefficient (Wildman–Crippen LogP) is 2.78. The van der Waals surface area contributed by atoms with Crippen LogP contribution in [-0.4, -0.2) is 32.6 Å². The first-order chi connectivity index (χ1) is 13.1. The largest absolute Gasteiger partial charge is 0.497 e. The van der Waals surface area contributed by atoms with E-state index < -0.39 is 5.41 Å². The molecule has 0 aromatic heterocycles. The van der Waals surface area contributed by atoms with Crippen molar-refractivity contribution < 1.29 is 19.1 Å². The molecule has 2 aromatic rings. The number of methoxy groups -OCH3 is 2. The quantitative estimate of drug-likeness (QED) is 0.703. The fraction of sp³-hybridized carbons (Fsp3) is 0.333. The monoisotopic (exact) mass is 368 g/mol. The molecule has 0 saturated heterocycles. The van der Waals surface area contributed by atoms with Gasteiger partial charge in [0.2, 0.25) is 11.8 Å². The second-order valence-corrected chi connectivity index (χ2v) is 6.58. The zero-order valence-electron chi connectivity index (χ0n) is 15.6. The Hall–Kier alpha value is -3.02. The van der Waals surface area contributed by atoms with E-state index in [-0.39, 0.29) is 11.8 Å². The summed E-state index contributed by atoms with van der Waals surface area (Å²) in [6.45, 7) is 0.455. The van der Waals surface area contributed by atoms with Crippen molar-refractivity contribution in [1.82, 2.24) is 5.32 Å². The third-order valence-corrected chi connectivity index (χ3v) is 4.84. The molecule has 0 atom stereocenters. The maximum Gasteiger partial charge on any atom is 0.240 e. The molecule has 27 heavy (non-hydrogen) atoms. The molecule has 2 aromatic carbocycles. The summed E-state index contributed by atoms with van der Waals surface area (Å²) in [4.78, 5) is 25.2. The van der Waals surface area contributed by atoms with E-state index in [1.807, 2.05) is 24.3 Å². The minimum atomic E-state index is -0.958. The zero-order valence-corrected chi connectivity index (χ0v) is 15.6. The molecule has 2 amide bonds. The number of hydrogen-bond acceptors (Lipinski definition) is 4. The highest BCUT2D eigenvalue weighted by Gasteiger charge is 2.56. The molecule has 6 nitrogen and oxygen atoms in total. The van der Waals surface area contributed by atoms with Crippen molar-refractivity contribution >= 4 is 17.5 Å². The Morgan fingerprint density at radius 2 is 1.67 bits per heavy atom. The standard InChI is InChI=1S/C21H24N2O4/c1-26-17-9-7-16(8-10-17)23-20(25)21(12-13-21)19(24)22-14-11-15-5-3-4-6-18(15)27-2/h3-10H,11-14H2,1-2H3,(H,22,24)(H,23,25). The van der Waals surface area contributed by atoms with Crippen LogP contribution in [0.1, 0.15) is 18.4 Å². The number of anilines is 1. The van der Waals surface area contributed by atoms with Gasteiger partial charge in [0.05, 0.1) is 14.2 Å². The van der Waals surface area contributed by atoms with E-state index in [2.05, 4.69) is 10.6 Å². The molecular weight excluding hydrogens is 344 g/mol. The summed E-state index contributed by atoms with van der Waals surface area (Å²) in [5.41, 5.74) is 0.711. The lowest BCUT2D eigenvalue weighted by Crippen LogP contribution is -2.40. The normalized spacial score (nSPS) is 14.1. The van der Waals surface area contributed by atoms with Crippen molar-refractivity contribution in [3.05, 3.63) is 54.1 Å².